The summed E-state index contributed by atoms with van der Waals surface area (Å²) in [5, 5.41) is 8.73. The van der Waals surface area contributed by atoms with Crippen molar-refractivity contribution in [1.29, 1.82) is 0 Å². The number of nitrogens with zero attached hydrogens (tertiary/aromatic N) is 3. The van der Waals surface area contributed by atoms with Crippen molar-refractivity contribution in [2.75, 3.05) is 0 Å². The van der Waals surface area contributed by atoms with Crippen LogP contribution < -0.4 is 5.69 Å². The molecule has 0 aliphatic carbocycles. The Balaban J connectivity index is 2.89. The van der Waals surface area contributed by atoms with Crippen molar-refractivity contribution < 1.29 is 10.1 Å². The number of rotatable bonds is 1. The minimum absolute atomic E-state index is 0.101. The normalized spacial score (nSPS) is 10.8. The van der Waals surface area contributed by atoms with E-state index in [-0.39, 0.29) is 16.3 Å². The van der Waals surface area contributed by atoms with Gasteiger partial charge in [0.1, 0.15) is 0 Å². The lowest BCUT2D eigenvalue weighted by molar-refractivity contribution is -0.729. The maximum Gasteiger partial charge on any atom is 0.328 e. The molecule has 0 unspecified atom stereocenters. The van der Waals surface area contributed by atoms with Gasteiger partial charge in [0.15, 0.2) is 0 Å². The Bertz CT molecular complexity index is 609. The topological polar surface area (TPSA) is 67.2 Å². The van der Waals surface area contributed by atoms with E-state index in [2.05, 4.69) is 0 Å². The second-order valence-corrected chi connectivity index (χ2v) is 3.35. The molecule has 2 rings (SSSR count). The maximum atomic E-state index is 11.5. The van der Waals surface area contributed by atoms with Crippen LogP contribution in [-0.2, 0) is 14.1 Å². The average Bonchev–Trinajstić information content (AvgIpc) is 2.44. The fraction of sp³-hybridized carbons (Fsp3) is 0.222. The van der Waals surface area contributed by atoms with Crippen LogP contribution >= 0.6 is 0 Å². The Labute approximate surface area is 84.5 Å². The Hall–Kier alpha value is -2.11. The zero-order chi connectivity index (χ0) is 11.2. The first kappa shape index (κ1) is 9.45. The minimum Gasteiger partial charge on any atom is -0.295 e. The molecule has 1 aromatic carbocycles. The molecule has 0 saturated carbocycles. The molecule has 78 valence electrons. The molecule has 6 nitrogen and oxygen atoms in total. The molecule has 2 aromatic rings. The minimum atomic E-state index is -0.225. The highest BCUT2D eigenvalue weighted by Gasteiger charge is 2.15. The van der Waals surface area contributed by atoms with Crippen LogP contribution in [0.4, 0.5) is 5.69 Å². The van der Waals surface area contributed by atoms with Crippen molar-refractivity contribution in [3.05, 3.63) is 33.6 Å². The quantitative estimate of drug-likeness (QED) is 0.700. The lowest BCUT2D eigenvalue weighted by Crippen LogP contribution is -2.19. The van der Waals surface area contributed by atoms with Gasteiger partial charge in [-0.05, 0) is 6.07 Å². The summed E-state index contributed by atoms with van der Waals surface area (Å²) in [6, 6.07) is 4.53. The molecular weight excluding hydrogens is 198 g/mol. The van der Waals surface area contributed by atoms with Gasteiger partial charge in [0, 0.05) is 26.2 Å². The molecule has 0 saturated heterocycles. The van der Waals surface area contributed by atoms with Gasteiger partial charge >= 0.3 is 11.4 Å². The van der Waals surface area contributed by atoms with Crippen molar-refractivity contribution >= 4 is 16.7 Å². The van der Waals surface area contributed by atoms with E-state index < -0.39 is 0 Å². The van der Waals surface area contributed by atoms with Crippen LogP contribution in [-0.4, -0.2) is 19.3 Å². The van der Waals surface area contributed by atoms with Crippen molar-refractivity contribution in [3.63, 3.8) is 0 Å². The highest BCUT2D eigenvalue weighted by Crippen LogP contribution is 2.18. The van der Waals surface area contributed by atoms with E-state index in [1.807, 2.05) is 0 Å². The highest BCUT2D eigenvalue weighted by molar-refractivity contribution is 5.78. The number of hydrogen-bond donors (Lipinski definition) is 1. The van der Waals surface area contributed by atoms with Crippen LogP contribution in [0.5, 0.6) is 0 Å². The molecule has 0 fully saturated rings. The van der Waals surface area contributed by atoms with Gasteiger partial charge in [0.05, 0.1) is 15.9 Å². The van der Waals surface area contributed by atoms with Gasteiger partial charge < -0.3 is 0 Å². The van der Waals surface area contributed by atoms with Crippen LogP contribution in [0.25, 0.3) is 11.0 Å². The number of fused-ring (bicyclic) bond motifs is 1. The van der Waals surface area contributed by atoms with Crippen molar-refractivity contribution in [3.8, 4) is 0 Å². The zero-order valence-electron chi connectivity index (χ0n) is 8.34. The lowest BCUT2D eigenvalue weighted by atomic mass is 10.3. The van der Waals surface area contributed by atoms with Crippen molar-refractivity contribution in [2.24, 2.45) is 14.1 Å². The van der Waals surface area contributed by atoms with E-state index in [9.17, 15) is 9.70 Å². The molecule has 1 aromatic heterocycles. The van der Waals surface area contributed by atoms with E-state index in [4.69, 9.17) is 5.21 Å². The molecular formula is C9H10N3O3+. The van der Waals surface area contributed by atoms with E-state index in [1.54, 1.807) is 20.2 Å². The van der Waals surface area contributed by atoms with Crippen LogP contribution in [0.1, 0.15) is 0 Å². The standard InChI is InChI=1S/C9H10N3O3/c1-10-7-4-3-6(12(14)15)5-8(7)11(2)9(10)13/h3-5H,1-2H3,(H,14,15)/q+1. The Morgan fingerprint density at radius 2 is 1.80 bits per heavy atom. The fourth-order valence-electron chi connectivity index (χ4n) is 1.61. The van der Waals surface area contributed by atoms with Crippen molar-refractivity contribution in [2.45, 2.75) is 0 Å². The maximum absolute atomic E-state index is 11.5. The first-order chi connectivity index (χ1) is 7.02. The summed E-state index contributed by atoms with van der Waals surface area (Å²) in [6.07, 6.45) is 0. The first-order valence-electron chi connectivity index (χ1n) is 4.34. The molecule has 0 spiro atoms. The monoisotopic (exact) mass is 208 g/mol. The van der Waals surface area contributed by atoms with Gasteiger partial charge in [-0.2, -0.15) is 0 Å². The summed E-state index contributed by atoms with van der Waals surface area (Å²) in [7, 11) is 3.26. The van der Waals surface area contributed by atoms with Gasteiger partial charge in [-0.25, -0.2) is 10.0 Å². The second kappa shape index (κ2) is 2.94. The summed E-state index contributed by atoms with van der Waals surface area (Å²) in [5.74, 6) is 0. The fourth-order valence-corrected chi connectivity index (χ4v) is 1.61. The summed E-state index contributed by atoms with van der Waals surface area (Å²) in [6.45, 7) is 0. The molecule has 0 atom stereocenters. The zero-order valence-corrected chi connectivity index (χ0v) is 8.34. The molecule has 15 heavy (non-hydrogen) atoms. The summed E-state index contributed by atoms with van der Waals surface area (Å²) in [5.41, 5.74) is 1.25. The SMILES string of the molecule is Cn1c(=O)n(C)c2cc([N+](=O)O)ccc21. The molecule has 0 amide bonds. The number of benzene rings is 1. The van der Waals surface area contributed by atoms with Gasteiger partial charge in [0.2, 0.25) is 0 Å². The number of aromatic nitrogens is 2. The summed E-state index contributed by atoms with van der Waals surface area (Å²) < 4.78 is 2.90. The largest absolute Gasteiger partial charge is 0.328 e. The average molecular weight is 208 g/mol. The van der Waals surface area contributed by atoms with Crippen LogP contribution in [0.2, 0.25) is 0 Å². The smallest absolute Gasteiger partial charge is 0.295 e. The summed E-state index contributed by atoms with van der Waals surface area (Å²) in [4.78, 5) is 22.0. The molecule has 1 N–H and O–H groups in total. The molecule has 1 heterocycles. The number of imidazole rings is 1. The predicted octanol–water partition coefficient (Wildman–Crippen LogP) is 0.677. The van der Waals surface area contributed by atoms with E-state index in [0.717, 1.165) is 0 Å². The molecule has 0 bridgehead atoms. The van der Waals surface area contributed by atoms with Gasteiger partial charge in [0.25, 0.3) is 4.92 Å². The van der Waals surface area contributed by atoms with Crippen LogP contribution in [0.3, 0.4) is 0 Å². The van der Waals surface area contributed by atoms with Gasteiger partial charge in [-0.1, -0.05) is 0 Å². The number of aryl methyl sites for hydroxylation is 2. The molecule has 0 aliphatic rings. The number of hydrogen-bond acceptors (Lipinski definition) is 2. The van der Waals surface area contributed by atoms with E-state index >= 15 is 0 Å². The third-order valence-corrected chi connectivity index (χ3v) is 2.48. The second-order valence-electron chi connectivity index (χ2n) is 3.35. The third-order valence-electron chi connectivity index (χ3n) is 2.48. The Morgan fingerprint density at radius 1 is 1.20 bits per heavy atom. The van der Waals surface area contributed by atoms with Crippen LogP contribution in [0.15, 0.2) is 23.0 Å². The lowest BCUT2D eigenvalue weighted by Gasteiger charge is -1.92. The van der Waals surface area contributed by atoms with Gasteiger partial charge in [-0.3, -0.25) is 9.13 Å². The molecule has 0 radical (unpaired) electrons. The Kier molecular flexibility index (Phi) is 1.85. The van der Waals surface area contributed by atoms with E-state index in [0.29, 0.717) is 11.0 Å². The molecule has 6 heteroatoms. The van der Waals surface area contributed by atoms with Crippen molar-refractivity contribution in [1.82, 2.24) is 9.13 Å². The first-order valence-corrected chi connectivity index (χ1v) is 4.34. The van der Waals surface area contributed by atoms with Crippen LogP contribution in [0, 0.1) is 4.91 Å². The summed E-state index contributed by atoms with van der Waals surface area (Å²) >= 11 is 0. The van der Waals surface area contributed by atoms with Gasteiger partial charge in [-0.15, -0.1) is 0 Å². The Morgan fingerprint density at radius 3 is 2.40 bits per heavy atom. The predicted molar refractivity (Wildman–Crippen MR) is 53.2 cm³/mol. The highest BCUT2D eigenvalue weighted by atomic mass is 16.6. The third kappa shape index (κ3) is 1.22. The molecule has 0 aliphatic heterocycles. The van der Waals surface area contributed by atoms with E-state index in [1.165, 1.54) is 21.3 Å².